The van der Waals surface area contributed by atoms with Gasteiger partial charge in [-0.25, -0.2) is 24.5 Å². The van der Waals surface area contributed by atoms with E-state index in [0.29, 0.717) is 19.8 Å². The number of aliphatic hydroxyl groups excluding tert-OH is 3. The van der Waals surface area contributed by atoms with Gasteiger partial charge in [-0.3, -0.25) is 6.08 Å². The molecule has 0 fully saturated rings. The summed E-state index contributed by atoms with van der Waals surface area (Å²) in [4.78, 5) is 0. The zero-order chi connectivity index (χ0) is 17.4. The first-order valence-electron chi connectivity index (χ1n) is 6.85. The molecular weight excluding hydrogens is 392 g/mol. The van der Waals surface area contributed by atoms with Crippen molar-refractivity contribution in [1.82, 2.24) is 0 Å². The zero-order valence-corrected chi connectivity index (χ0v) is 17.1. The Labute approximate surface area is 154 Å². The Balaban J connectivity index is -0.0000000544. The van der Waals surface area contributed by atoms with Gasteiger partial charge in [0.2, 0.25) is 0 Å². The zero-order valence-electron chi connectivity index (χ0n) is 13.7. The summed E-state index contributed by atoms with van der Waals surface area (Å²) in [6.07, 6.45) is 12.6. The average molecular weight is 422 g/mol. The topological polar surface area (TPSA) is 60.7 Å². The minimum Gasteiger partial charge on any atom is -0.396 e. The largest absolute Gasteiger partial charge is 0.705 e. The molecule has 0 saturated heterocycles. The number of hydrogen-bond donors (Lipinski definition) is 3. The molecule has 0 amide bonds. The third-order valence-corrected chi connectivity index (χ3v) is 1.26. The Bertz CT molecular complexity index is 170. The van der Waals surface area contributed by atoms with E-state index in [1.54, 1.807) is 0 Å². The van der Waals surface area contributed by atoms with E-state index in [1.807, 2.05) is 32.9 Å². The van der Waals surface area contributed by atoms with Crippen molar-refractivity contribution in [3.8, 4) is 0 Å². The van der Waals surface area contributed by atoms with Gasteiger partial charge in [0.15, 0.2) is 0 Å². The summed E-state index contributed by atoms with van der Waals surface area (Å²) in [6, 6.07) is 0. The monoisotopic (exact) mass is 420 g/mol. The maximum Gasteiger partial charge on any atom is 0.705 e. The molecule has 0 aromatic heterocycles. The summed E-state index contributed by atoms with van der Waals surface area (Å²) in [5.74, 6) is 0. The predicted molar refractivity (Wildman–Crippen MR) is 82.8 cm³/mol. The molecule has 22 heavy (non-hydrogen) atoms. The van der Waals surface area contributed by atoms with Crippen molar-refractivity contribution >= 4 is 9.80 Å². The van der Waals surface area contributed by atoms with E-state index in [0.717, 1.165) is 25.7 Å². The standard InChI is InChI=1S/C5H5.3C3H8O.F3Si.Zr/c1-2-4-5-3-1;3*1-2-3-4;1-4(2)3;/h1-3H,4H2;3*4H,2-3H2,1H3;;/q-1;;;;;. The first-order valence-corrected chi connectivity index (χ1v) is 7.99. The predicted octanol–water partition coefficient (Wildman–Crippen LogP) is 3.35. The van der Waals surface area contributed by atoms with Gasteiger partial charge in [-0.15, -0.1) is 6.42 Å². The van der Waals surface area contributed by atoms with E-state index in [4.69, 9.17) is 15.3 Å². The molecule has 0 aromatic carbocycles. The molecule has 3 N–H and O–H groups in total. The molecule has 0 heterocycles. The number of allylic oxidation sites excluding steroid dienone is 4. The van der Waals surface area contributed by atoms with Gasteiger partial charge in [-0.1, -0.05) is 20.8 Å². The summed E-state index contributed by atoms with van der Waals surface area (Å²) >= 11 is 0. The van der Waals surface area contributed by atoms with Crippen LogP contribution in [0.3, 0.4) is 0 Å². The Kier molecular flexibility index (Phi) is 65.9. The number of hydrogen-bond acceptors (Lipinski definition) is 3. The van der Waals surface area contributed by atoms with E-state index in [-0.39, 0.29) is 26.2 Å². The van der Waals surface area contributed by atoms with E-state index in [1.165, 1.54) is 0 Å². The van der Waals surface area contributed by atoms with Crippen molar-refractivity contribution in [3.63, 3.8) is 0 Å². The average Bonchev–Trinajstić information content (AvgIpc) is 3.06. The molecular formula is C14H29F3O3SiZr-. The third kappa shape index (κ3) is 110. The van der Waals surface area contributed by atoms with E-state index >= 15 is 0 Å². The molecule has 0 saturated carbocycles. The minimum absolute atomic E-state index is 0. The Morgan fingerprint density at radius 1 is 0.909 bits per heavy atom. The molecule has 0 atom stereocenters. The summed E-state index contributed by atoms with van der Waals surface area (Å²) in [5, 5.41) is 23.6. The van der Waals surface area contributed by atoms with Crippen LogP contribution in [-0.4, -0.2) is 44.9 Å². The van der Waals surface area contributed by atoms with Crippen molar-refractivity contribution < 1.29 is 53.8 Å². The first-order chi connectivity index (χ1) is 9.97. The Hall–Kier alpha value is 0.250. The smallest absolute Gasteiger partial charge is 0.396 e. The van der Waals surface area contributed by atoms with Gasteiger partial charge in [0.05, 0.1) is 0 Å². The van der Waals surface area contributed by atoms with Crippen LogP contribution in [0.25, 0.3) is 0 Å². The van der Waals surface area contributed by atoms with Gasteiger partial charge in [-0.05, 0) is 19.3 Å². The molecule has 3 nitrogen and oxygen atoms in total. The Morgan fingerprint density at radius 3 is 1.23 bits per heavy atom. The molecule has 0 bridgehead atoms. The van der Waals surface area contributed by atoms with Crippen molar-refractivity contribution in [2.75, 3.05) is 19.8 Å². The second-order valence-corrected chi connectivity index (χ2v) is 3.82. The summed E-state index contributed by atoms with van der Waals surface area (Å²) in [5.41, 5.74) is 0. The van der Waals surface area contributed by atoms with Crippen LogP contribution in [0.5, 0.6) is 0 Å². The molecule has 1 radical (unpaired) electrons. The molecule has 1 aliphatic carbocycles. The summed E-state index contributed by atoms with van der Waals surface area (Å²) in [7, 11) is -4.38. The molecule has 133 valence electrons. The van der Waals surface area contributed by atoms with Crippen LogP contribution in [0.15, 0.2) is 18.2 Å². The molecule has 1 aliphatic rings. The molecule has 1 rings (SSSR count). The molecule has 0 aromatic rings. The van der Waals surface area contributed by atoms with Crippen molar-refractivity contribution in [2.24, 2.45) is 0 Å². The van der Waals surface area contributed by atoms with E-state index in [2.05, 4.69) is 12.2 Å². The number of rotatable bonds is 3. The fourth-order valence-corrected chi connectivity index (χ4v) is 0.340. The van der Waals surface area contributed by atoms with Gasteiger partial charge in [-0.2, -0.15) is 6.08 Å². The molecule has 8 heteroatoms. The second kappa shape index (κ2) is 42.9. The molecule has 0 aliphatic heterocycles. The second-order valence-electron chi connectivity index (χ2n) is 3.39. The van der Waals surface area contributed by atoms with Crippen molar-refractivity contribution in [1.29, 1.82) is 0 Å². The maximum atomic E-state index is 9.77. The van der Waals surface area contributed by atoms with E-state index in [9.17, 15) is 12.3 Å². The minimum atomic E-state index is -4.38. The fraction of sp³-hybridized carbons (Fsp3) is 0.714. The summed E-state index contributed by atoms with van der Waals surface area (Å²) < 4.78 is 29.3. The van der Waals surface area contributed by atoms with Crippen LogP contribution in [-0.2, 0) is 26.2 Å². The van der Waals surface area contributed by atoms with Crippen LogP contribution >= 0.6 is 0 Å². The number of aliphatic hydroxyl groups is 3. The number of halogens is 3. The SMILES string of the molecule is CCCO.CCCO.CCCO.F[Si](F)F.[C-]1=CC=CC1.[Zr]. The molecule has 0 unspecified atom stereocenters. The third-order valence-electron chi connectivity index (χ3n) is 1.26. The van der Waals surface area contributed by atoms with Crippen LogP contribution in [0.2, 0.25) is 0 Å². The van der Waals surface area contributed by atoms with Crippen LogP contribution in [0, 0.1) is 6.08 Å². The summed E-state index contributed by atoms with van der Waals surface area (Å²) in [6.45, 7) is 6.75. The van der Waals surface area contributed by atoms with Gasteiger partial charge in [0.1, 0.15) is 0 Å². The normalized spacial score (nSPS) is 9.73. The Morgan fingerprint density at radius 2 is 1.18 bits per heavy atom. The van der Waals surface area contributed by atoms with Gasteiger partial charge in [0, 0.05) is 46.0 Å². The fourth-order valence-electron chi connectivity index (χ4n) is 0.340. The van der Waals surface area contributed by atoms with Crippen LogP contribution in [0.1, 0.15) is 46.5 Å². The van der Waals surface area contributed by atoms with Crippen molar-refractivity contribution in [3.05, 3.63) is 24.3 Å². The quantitative estimate of drug-likeness (QED) is 0.372. The van der Waals surface area contributed by atoms with Gasteiger partial charge in [0.25, 0.3) is 0 Å². The van der Waals surface area contributed by atoms with Crippen LogP contribution in [0.4, 0.5) is 12.3 Å². The van der Waals surface area contributed by atoms with Crippen LogP contribution < -0.4 is 0 Å². The van der Waals surface area contributed by atoms with E-state index < -0.39 is 9.80 Å². The molecule has 0 spiro atoms. The maximum absolute atomic E-state index is 9.77. The van der Waals surface area contributed by atoms with Gasteiger partial charge < -0.3 is 15.3 Å². The van der Waals surface area contributed by atoms with Gasteiger partial charge >= 0.3 is 9.80 Å². The first kappa shape index (κ1) is 33.8. The van der Waals surface area contributed by atoms with Crippen molar-refractivity contribution in [2.45, 2.75) is 46.5 Å².